The highest BCUT2D eigenvalue weighted by Crippen LogP contribution is 2.51. The first-order valence-corrected chi connectivity index (χ1v) is 27.5. The number of hydroxylamine groups is 2. The number of allylic oxidation sites excluding steroid dienone is 1. The highest BCUT2D eigenvalue weighted by Gasteiger charge is 2.52. The van der Waals surface area contributed by atoms with Crippen molar-refractivity contribution < 1.29 is 64.1 Å². The third-order valence-corrected chi connectivity index (χ3v) is 16.5. The van der Waals surface area contributed by atoms with Gasteiger partial charge in [-0.2, -0.15) is 4.58 Å². The van der Waals surface area contributed by atoms with Crippen LogP contribution < -0.4 is 9.62 Å². The first-order valence-electron chi connectivity index (χ1n) is 24.6. The van der Waals surface area contributed by atoms with E-state index in [1.165, 1.54) is 23.4 Å². The lowest BCUT2D eigenvalue weighted by molar-refractivity contribution is -0.442. The Kier molecular flexibility index (Phi) is 18.1. The Morgan fingerprint density at radius 1 is 0.789 bits per heavy atom. The highest BCUT2D eigenvalue weighted by atomic mass is 32.2. The number of fused-ring (bicyclic) bond motifs is 3. The van der Waals surface area contributed by atoms with Gasteiger partial charge in [-0.05, 0) is 91.3 Å². The molecule has 2 amide bonds. The number of ether oxygens (including phenoxy) is 4. The van der Waals surface area contributed by atoms with E-state index >= 15 is 0 Å². The second kappa shape index (κ2) is 23.8. The summed E-state index contributed by atoms with van der Waals surface area (Å²) >= 11 is 0. The van der Waals surface area contributed by atoms with E-state index in [4.69, 9.17) is 23.8 Å². The summed E-state index contributed by atoms with van der Waals surface area (Å²) in [6, 6.07) is 17.9. The van der Waals surface area contributed by atoms with Gasteiger partial charge >= 0.3 is 5.97 Å². The minimum atomic E-state index is -4.71. The highest BCUT2D eigenvalue weighted by molar-refractivity contribution is 7.89. The molecule has 0 radical (unpaired) electrons. The Labute approximate surface area is 418 Å². The molecule has 1 unspecified atom stereocenters. The smallest absolute Gasteiger partial charge is 0.333 e. The van der Waals surface area contributed by atoms with Gasteiger partial charge in [0.1, 0.15) is 16.7 Å². The summed E-state index contributed by atoms with van der Waals surface area (Å²) in [4.78, 5) is 43.7. The summed E-state index contributed by atoms with van der Waals surface area (Å²) in [7, 11) is -5.24. The van der Waals surface area contributed by atoms with Crippen molar-refractivity contribution in [3.05, 3.63) is 83.9 Å². The molecule has 1 aliphatic carbocycles. The lowest BCUT2D eigenvalue weighted by Crippen LogP contribution is -2.42. The molecule has 1 saturated carbocycles. The normalized spacial score (nSPS) is 18.6. The number of hydrogen-bond acceptors (Lipinski definition) is 14. The van der Waals surface area contributed by atoms with Gasteiger partial charge in [-0.15, -0.1) is 5.06 Å². The standard InChI is InChI=1S/C52H68N4O13S2/c1-51(2)42-37-41(71(62,63)64)20-22-44(42)54(28-10-5-7-14-50(59)69-56-48(57)23-24-49(56)58)46(51)12-11-13-47-52(25-8-6-9-26-52)43-36-39(17-21-45(43)55(47)29-31-68-35-33-66-4)38-15-18-40(19-16-38)70(60,61)53-27-30-67-34-32-65-3/h11,13,15-22,36-37,46,53H,5-10,12,14,23-35H2,1-4H3. The number of nitrogens with zero attached hydrogens (tertiary/aromatic N) is 3. The van der Waals surface area contributed by atoms with Crippen LogP contribution in [-0.2, 0) is 69.1 Å². The minimum absolute atomic E-state index is 0.0250. The van der Waals surface area contributed by atoms with Crippen molar-refractivity contribution in [1.82, 2.24) is 9.79 Å². The number of hydrogen-bond donors (Lipinski definition) is 1. The third-order valence-electron chi connectivity index (χ3n) is 14.2. The zero-order chi connectivity index (χ0) is 50.8. The Hall–Kier alpha value is -4.86. The molecule has 3 aliphatic heterocycles. The van der Waals surface area contributed by atoms with Gasteiger partial charge in [0, 0.05) is 81.4 Å². The van der Waals surface area contributed by atoms with Gasteiger partial charge < -0.3 is 33.2 Å². The molecule has 3 aromatic rings. The fourth-order valence-corrected chi connectivity index (χ4v) is 12.1. The average molecular weight is 1020 g/mol. The number of anilines is 1. The summed E-state index contributed by atoms with van der Waals surface area (Å²) < 4.78 is 89.8. The molecule has 0 aromatic heterocycles. The van der Waals surface area contributed by atoms with Gasteiger partial charge in [0.2, 0.25) is 15.7 Å². The number of unbranched alkanes of at least 4 members (excludes halogenated alkanes) is 2. The summed E-state index contributed by atoms with van der Waals surface area (Å²) in [6.45, 7) is 7.93. The average Bonchev–Trinajstić information content (AvgIpc) is 3.87. The molecule has 4 aliphatic rings. The number of benzene rings is 3. The predicted octanol–water partition coefficient (Wildman–Crippen LogP) is 6.44. The maximum Gasteiger partial charge on any atom is 0.333 e. The van der Waals surface area contributed by atoms with Crippen molar-refractivity contribution in [1.29, 1.82) is 0 Å². The molecule has 19 heteroatoms. The molecular formula is C52H68N4O13S2. The van der Waals surface area contributed by atoms with Gasteiger partial charge in [-0.1, -0.05) is 57.7 Å². The molecule has 2 fully saturated rings. The van der Waals surface area contributed by atoms with Gasteiger partial charge in [-0.3, -0.25) is 9.59 Å². The fourth-order valence-electron chi connectivity index (χ4n) is 10.5. The van der Waals surface area contributed by atoms with Crippen LogP contribution in [0, 0.1) is 0 Å². The Morgan fingerprint density at radius 3 is 2.13 bits per heavy atom. The number of carbonyl (C=O) groups excluding carboxylic acids is 3. The number of methoxy groups -OCH3 is 2. The molecule has 1 atom stereocenters. The van der Waals surface area contributed by atoms with Crippen LogP contribution in [0.2, 0.25) is 0 Å². The number of nitrogens with one attached hydrogen (secondary N) is 1. The van der Waals surface area contributed by atoms with Crippen molar-refractivity contribution in [2.45, 2.75) is 118 Å². The van der Waals surface area contributed by atoms with Crippen molar-refractivity contribution >= 4 is 55.0 Å². The van der Waals surface area contributed by atoms with Crippen LogP contribution in [0.1, 0.15) is 102 Å². The van der Waals surface area contributed by atoms with E-state index < -0.39 is 43.3 Å². The van der Waals surface area contributed by atoms with E-state index in [0.717, 1.165) is 60.2 Å². The predicted molar refractivity (Wildman–Crippen MR) is 265 cm³/mol. The topological polar surface area (TPSA) is 210 Å². The number of carbonyl (C=O) groups is 3. The van der Waals surface area contributed by atoms with Gasteiger partial charge in [0.25, 0.3) is 11.8 Å². The molecule has 386 valence electrons. The molecule has 0 bridgehead atoms. The van der Waals surface area contributed by atoms with E-state index in [1.54, 1.807) is 32.4 Å². The van der Waals surface area contributed by atoms with Crippen LogP contribution in [0.4, 0.5) is 11.4 Å². The first kappa shape index (κ1) is 53.9. The lowest BCUT2D eigenvalue weighted by Gasteiger charge is -2.34. The number of amides is 2. The maximum atomic E-state index is 13.1. The quantitative estimate of drug-likeness (QED) is 0.0397. The Balaban J connectivity index is 1.14. The first-order chi connectivity index (χ1) is 34.0. The molecule has 17 nitrogen and oxygen atoms in total. The lowest BCUT2D eigenvalue weighted by atomic mass is 9.67. The number of imide groups is 1. The van der Waals surface area contributed by atoms with Crippen LogP contribution in [0.25, 0.3) is 11.1 Å². The van der Waals surface area contributed by atoms with E-state index in [1.807, 2.05) is 12.1 Å². The van der Waals surface area contributed by atoms with Crippen LogP contribution in [0.3, 0.4) is 0 Å². The van der Waals surface area contributed by atoms with Crippen LogP contribution in [0.15, 0.2) is 82.6 Å². The summed E-state index contributed by atoms with van der Waals surface area (Å²) in [5.41, 5.74) is 6.13. The van der Waals surface area contributed by atoms with E-state index in [0.29, 0.717) is 76.9 Å². The maximum absolute atomic E-state index is 13.1. The summed E-state index contributed by atoms with van der Waals surface area (Å²) in [5.74, 6) is -1.69. The number of rotatable bonds is 26. The van der Waals surface area contributed by atoms with Crippen molar-refractivity contribution in [3.63, 3.8) is 0 Å². The second-order valence-electron chi connectivity index (χ2n) is 19.1. The monoisotopic (exact) mass is 1020 g/mol. The molecule has 1 saturated heterocycles. The summed E-state index contributed by atoms with van der Waals surface area (Å²) in [6.07, 6.45) is 12.1. The molecule has 3 aromatic carbocycles. The van der Waals surface area contributed by atoms with Crippen LogP contribution in [-0.4, -0.2) is 134 Å². The van der Waals surface area contributed by atoms with Crippen LogP contribution >= 0.6 is 0 Å². The minimum Gasteiger partial charge on any atom is -0.744 e. The van der Waals surface area contributed by atoms with E-state index in [-0.39, 0.29) is 53.7 Å². The van der Waals surface area contributed by atoms with Gasteiger partial charge in [-0.25, -0.2) is 26.4 Å². The molecule has 71 heavy (non-hydrogen) atoms. The third kappa shape index (κ3) is 12.5. The van der Waals surface area contributed by atoms with Gasteiger partial charge in [0.05, 0.1) is 48.2 Å². The molecule has 1 N–H and O–H groups in total. The second-order valence-corrected chi connectivity index (χ2v) is 22.2. The fraction of sp³-hybridized carbons (Fsp3) is 0.538. The van der Waals surface area contributed by atoms with Gasteiger partial charge in [0.15, 0.2) is 12.3 Å². The molecule has 1 spiro atoms. The largest absolute Gasteiger partial charge is 0.744 e. The van der Waals surface area contributed by atoms with Crippen LogP contribution in [0.5, 0.6) is 0 Å². The molecular weight excluding hydrogens is 953 g/mol. The van der Waals surface area contributed by atoms with E-state index in [9.17, 15) is 35.8 Å². The van der Waals surface area contributed by atoms with Crippen molar-refractivity contribution in [2.24, 2.45) is 0 Å². The van der Waals surface area contributed by atoms with Crippen molar-refractivity contribution in [2.75, 3.05) is 78.4 Å². The molecule has 3 heterocycles. The zero-order valence-corrected chi connectivity index (χ0v) is 43.0. The Morgan fingerprint density at radius 2 is 1.45 bits per heavy atom. The number of sulfonamides is 1. The van der Waals surface area contributed by atoms with Crippen molar-refractivity contribution in [3.8, 4) is 11.1 Å². The molecule has 7 rings (SSSR count). The Bertz CT molecular complexity index is 2660. The summed E-state index contributed by atoms with van der Waals surface area (Å²) in [5, 5.41) is 0.564. The SMILES string of the molecule is COCCOCCNS(=O)(=O)c1ccc(-c2ccc3c(c2)C2(CCCCC2)C(C=CCC2N(CCCCCC(=O)ON4C(=O)CCC4=O)c4ccc(S(=O)(=O)[O-])cc4C2(C)C)=[N+]3CCOCCOC)cc1. The zero-order valence-electron chi connectivity index (χ0n) is 41.3. The van der Waals surface area contributed by atoms with E-state index in [2.05, 4.69) is 58.4 Å².